The van der Waals surface area contributed by atoms with Crippen LogP contribution in [0.5, 0.6) is 5.75 Å². The largest absolute Gasteiger partial charge is 0.481 e. The minimum Gasteiger partial charge on any atom is -0.481 e. The molecule has 0 amide bonds. The summed E-state index contributed by atoms with van der Waals surface area (Å²) in [4.78, 5) is 1.18. The van der Waals surface area contributed by atoms with Gasteiger partial charge in [-0.2, -0.15) is 8.42 Å². The first-order valence-electron chi connectivity index (χ1n) is 8.70. The Labute approximate surface area is 173 Å². The van der Waals surface area contributed by atoms with Gasteiger partial charge < -0.3 is 4.74 Å². The molecule has 4 nitrogen and oxygen atoms in total. The van der Waals surface area contributed by atoms with Crippen LogP contribution in [0.3, 0.4) is 0 Å². The second-order valence-corrected chi connectivity index (χ2v) is 10.1. The first-order chi connectivity index (χ1) is 13.2. The summed E-state index contributed by atoms with van der Waals surface area (Å²) in [6.07, 6.45) is 0.511. The molecule has 1 atom stereocenters. The van der Waals surface area contributed by atoms with E-state index in [0.717, 1.165) is 27.3 Å². The number of benzene rings is 2. The lowest BCUT2D eigenvalue weighted by Gasteiger charge is -2.27. The van der Waals surface area contributed by atoms with Gasteiger partial charge in [0.1, 0.15) is 16.2 Å². The lowest BCUT2D eigenvalue weighted by Crippen LogP contribution is -2.29. The summed E-state index contributed by atoms with van der Waals surface area (Å²) in [6.45, 7) is 3.83. The summed E-state index contributed by atoms with van der Waals surface area (Å²) in [6, 6.07) is 13.0. The van der Waals surface area contributed by atoms with E-state index < -0.39 is 15.7 Å². The number of hydrogen-bond acceptors (Lipinski definition) is 5. The molecule has 1 aliphatic heterocycles. The molecule has 0 saturated heterocycles. The number of rotatable bonds is 4. The van der Waals surface area contributed by atoms with Crippen LogP contribution in [0.4, 0.5) is 0 Å². The highest BCUT2D eigenvalue weighted by molar-refractivity contribution is 7.86. The average Bonchev–Trinajstić information content (AvgIpc) is 3.28. The molecular weight excluding hydrogens is 416 g/mol. The predicted molar refractivity (Wildman–Crippen MR) is 112 cm³/mol. The molecule has 0 fully saturated rings. The second-order valence-electron chi connectivity index (χ2n) is 7.05. The molecule has 0 spiro atoms. The van der Waals surface area contributed by atoms with E-state index in [4.69, 9.17) is 20.5 Å². The first-order valence-corrected chi connectivity index (χ1v) is 11.4. The van der Waals surface area contributed by atoms with Crippen molar-refractivity contribution in [1.29, 1.82) is 0 Å². The maximum Gasteiger partial charge on any atom is 0.297 e. The van der Waals surface area contributed by atoms with Crippen LogP contribution in [0, 0.1) is 6.92 Å². The normalized spacial score (nSPS) is 18.7. The third-order valence-corrected chi connectivity index (χ3v) is 7.42. The fourth-order valence-corrected chi connectivity index (χ4v) is 5.60. The highest BCUT2D eigenvalue weighted by Gasteiger charge is 2.42. The zero-order valence-corrected chi connectivity index (χ0v) is 18.0. The molecule has 0 saturated carbocycles. The SMILES string of the molecule is COS(=O)(=O)c1ccc(C)cc1C1(C)Cc2cc(Cl)cc(-c3cccs3)c2O1. The predicted octanol–water partition coefficient (Wildman–Crippen LogP) is 5.56. The quantitative estimate of drug-likeness (QED) is 0.504. The van der Waals surface area contributed by atoms with Crippen LogP contribution in [-0.4, -0.2) is 15.5 Å². The van der Waals surface area contributed by atoms with Crippen LogP contribution in [0.1, 0.15) is 23.6 Å². The molecular formula is C21H19ClO4S2. The molecule has 0 aliphatic carbocycles. The van der Waals surface area contributed by atoms with Crippen LogP contribution in [0.25, 0.3) is 10.4 Å². The van der Waals surface area contributed by atoms with Gasteiger partial charge in [-0.15, -0.1) is 11.3 Å². The molecule has 1 aromatic heterocycles. The van der Waals surface area contributed by atoms with Crippen molar-refractivity contribution >= 4 is 33.1 Å². The number of thiophene rings is 1. The Morgan fingerprint density at radius 2 is 2.00 bits per heavy atom. The summed E-state index contributed by atoms with van der Waals surface area (Å²) >= 11 is 7.97. The standard InChI is InChI=1S/C21H19ClO4S2/c1-13-6-7-19(28(23,24)25-3)17(9-13)21(2)12-14-10-15(22)11-16(20(14)26-21)18-5-4-8-27-18/h4-11H,12H2,1-3H3. The van der Waals surface area contributed by atoms with Crippen molar-refractivity contribution in [2.24, 2.45) is 0 Å². The van der Waals surface area contributed by atoms with Gasteiger partial charge in [-0.3, -0.25) is 4.18 Å². The van der Waals surface area contributed by atoms with Crippen molar-refractivity contribution in [2.45, 2.75) is 30.8 Å². The van der Waals surface area contributed by atoms with Crippen LogP contribution < -0.4 is 4.74 Å². The lowest BCUT2D eigenvalue weighted by atomic mass is 9.90. The maximum absolute atomic E-state index is 12.5. The summed E-state index contributed by atoms with van der Waals surface area (Å²) in [5.41, 5.74) is 2.55. The minimum absolute atomic E-state index is 0.125. The fraction of sp³-hybridized carbons (Fsp3) is 0.238. The molecule has 7 heteroatoms. The van der Waals surface area contributed by atoms with Gasteiger partial charge in [0.2, 0.25) is 0 Å². The Bertz CT molecular complexity index is 1150. The Morgan fingerprint density at radius 1 is 1.21 bits per heavy atom. The maximum atomic E-state index is 12.5. The van der Waals surface area contributed by atoms with Gasteiger partial charge in [-0.1, -0.05) is 35.4 Å². The topological polar surface area (TPSA) is 52.6 Å². The summed E-state index contributed by atoms with van der Waals surface area (Å²) in [7, 11) is -2.71. The highest BCUT2D eigenvalue weighted by atomic mass is 35.5. The van der Waals surface area contributed by atoms with Crippen molar-refractivity contribution in [3.8, 4) is 16.2 Å². The van der Waals surface area contributed by atoms with Gasteiger partial charge in [-0.05, 0) is 43.5 Å². The van der Waals surface area contributed by atoms with Crippen molar-refractivity contribution in [3.63, 3.8) is 0 Å². The minimum atomic E-state index is -3.87. The number of ether oxygens (including phenoxy) is 1. The molecule has 28 heavy (non-hydrogen) atoms. The van der Waals surface area contributed by atoms with Crippen LogP contribution >= 0.6 is 22.9 Å². The Morgan fingerprint density at radius 3 is 2.68 bits per heavy atom. The molecule has 4 rings (SSSR count). The molecule has 2 heterocycles. The fourth-order valence-electron chi connectivity index (χ4n) is 3.66. The Kier molecular flexibility index (Phi) is 4.78. The van der Waals surface area contributed by atoms with Crippen molar-refractivity contribution in [1.82, 2.24) is 0 Å². The zero-order chi connectivity index (χ0) is 20.1. The summed E-state index contributed by atoms with van der Waals surface area (Å²) in [5, 5.41) is 2.63. The Hall–Kier alpha value is -1.86. The van der Waals surface area contributed by atoms with E-state index in [0.29, 0.717) is 17.0 Å². The molecule has 2 aromatic carbocycles. The van der Waals surface area contributed by atoms with Gasteiger partial charge >= 0.3 is 0 Å². The van der Waals surface area contributed by atoms with Crippen LogP contribution in [-0.2, 0) is 26.3 Å². The zero-order valence-electron chi connectivity index (χ0n) is 15.7. The highest BCUT2D eigenvalue weighted by Crippen LogP contribution is 2.49. The summed E-state index contributed by atoms with van der Waals surface area (Å²) < 4.78 is 36.3. The lowest BCUT2D eigenvalue weighted by molar-refractivity contribution is 0.112. The van der Waals surface area contributed by atoms with E-state index in [2.05, 4.69) is 0 Å². The molecule has 146 valence electrons. The van der Waals surface area contributed by atoms with Gasteiger partial charge in [0.25, 0.3) is 10.1 Å². The van der Waals surface area contributed by atoms with Crippen LogP contribution in [0.15, 0.2) is 52.7 Å². The molecule has 1 aliphatic rings. The van der Waals surface area contributed by atoms with Crippen molar-refractivity contribution in [3.05, 3.63) is 69.6 Å². The Balaban J connectivity index is 1.88. The van der Waals surface area contributed by atoms with E-state index in [1.165, 1.54) is 7.11 Å². The first kappa shape index (κ1) is 19.5. The van der Waals surface area contributed by atoms with Gasteiger partial charge in [0.15, 0.2) is 0 Å². The van der Waals surface area contributed by atoms with Crippen LogP contribution in [0.2, 0.25) is 5.02 Å². The third-order valence-electron chi connectivity index (χ3n) is 4.97. The monoisotopic (exact) mass is 434 g/mol. The number of halogens is 1. The van der Waals surface area contributed by atoms with Gasteiger partial charge in [-0.25, -0.2) is 0 Å². The van der Waals surface area contributed by atoms with E-state index >= 15 is 0 Å². The third kappa shape index (κ3) is 3.24. The second kappa shape index (κ2) is 6.88. The van der Waals surface area contributed by atoms with Crippen molar-refractivity contribution in [2.75, 3.05) is 7.11 Å². The number of hydrogen-bond donors (Lipinski definition) is 0. The number of fused-ring (bicyclic) bond motifs is 1. The molecule has 0 radical (unpaired) electrons. The van der Waals surface area contributed by atoms with E-state index in [1.54, 1.807) is 23.5 Å². The van der Waals surface area contributed by atoms with Gasteiger partial charge in [0, 0.05) is 33.0 Å². The smallest absolute Gasteiger partial charge is 0.297 e. The van der Waals surface area contributed by atoms with E-state index in [9.17, 15) is 8.42 Å². The molecule has 0 bridgehead atoms. The van der Waals surface area contributed by atoms with E-state index in [-0.39, 0.29) is 4.90 Å². The van der Waals surface area contributed by atoms with Crippen molar-refractivity contribution < 1.29 is 17.3 Å². The average molecular weight is 435 g/mol. The number of aryl methyl sites for hydroxylation is 1. The molecule has 1 unspecified atom stereocenters. The molecule has 0 N–H and O–H groups in total. The molecule has 3 aromatic rings. The van der Waals surface area contributed by atoms with E-state index in [1.807, 2.05) is 49.6 Å². The summed E-state index contributed by atoms with van der Waals surface area (Å²) in [5.74, 6) is 0.747. The van der Waals surface area contributed by atoms with Gasteiger partial charge in [0.05, 0.1) is 7.11 Å².